The van der Waals surface area contributed by atoms with Crippen LogP contribution in [0.5, 0.6) is 0 Å². The van der Waals surface area contributed by atoms with Gasteiger partial charge < -0.3 is 15.1 Å². The monoisotopic (exact) mass is 371 g/mol. The molecule has 1 saturated carbocycles. The number of carbonyl (C=O) groups excluding carboxylic acids is 2. The number of amides is 2. The van der Waals surface area contributed by atoms with Gasteiger partial charge in [-0.25, -0.2) is 9.97 Å². The van der Waals surface area contributed by atoms with E-state index in [1.54, 1.807) is 12.4 Å². The molecule has 7 heteroatoms. The minimum Gasteiger partial charge on any atom is -0.351 e. The van der Waals surface area contributed by atoms with E-state index in [1.165, 1.54) is 6.42 Å². The Hall–Kier alpha value is -2.18. The lowest BCUT2D eigenvalue weighted by Gasteiger charge is -2.37. The lowest BCUT2D eigenvalue weighted by atomic mass is 9.83. The van der Waals surface area contributed by atoms with Gasteiger partial charge in [0.25, 0.3) is 0 Å². The highest BCUT2D eigenvalue weighted by Crippen LogP contribution is 2.30. The highest BCUT2D eigenvalue weighted by molar-refractivity contribution is 5.81. The predicted molar refractivity (Wildman–Crippen MR) is 102 cm³/mol. The highest BCUT2D eigenvalue weighted by Gasteiger charge is 2.34. The number of nitrogens with one attached hydrogen (secondary N) is 1. The number of rotatable bonds is 4. The van der Waals surface area contributed by atoms with Crippen LogP contribution in [-0.4, -0.2) is 58.9 Å². The van der Waals surface area contributed by atoms with E-state index in [9.17, 15) is 9.59 Å². The van der Waals surface area contributed by atoms with Crippen molar-refractivity contribution in [3.8, 4) is 0 Å². The van der Waals surface area contributed by atoms with Crippen LogP contribution >= 0.6 is 0 Å². The van der Waals surface area contributed by atoms with Gasteiger partial charge in [0.1, 0.15) is 0 Å². The molecule has 7 nitrogen and oxygen atoms in total. The van der Waals surface area contributed by atoms with Gasteiger partial charge in [0, 0.05) is 56.5 Å². The van der Waals surface area contributed by atoms with Crippen molar-refractivity contribution in [3.05, 3.63) is 18.5 Å². The maximum atomic E-state index is 12.7. The smallest absolute Gasteiger partial charge is 0.225 e. The van der Waals surface area contributed by atoms with E-state index in [0.29, 0.717) is 5.91 Å². The Labute approximate surface area is 160 Å². The lowest BCUT2D eigenvalue weighted by Crippen LogP contribution is -2.51. The molecule has 27 heavy (non-hydrogen) atoms. The van der Waals surface area contributed by atoms with Crippen LogP contribution in [0.15, 0.2) is 18.5 Å². The number of anilines is 1. The molecule has 1 N–H and O–H groups in total. The van der Waals surface area contributed by atoms with Gasteiger partial charge in [-0.15, -0.1) is 0 Å². The predicted octanol–water partition coefficient (Wildman–Crippen LogP) is 1.60. The number of aromatic nitrogens is 2. The maximum absolute atomic E-state index is 12.7. The van der Waals surface area contributed by atoms with Crippen LogP contribution in [0, 0.1) is 11.8 Å². The summed E-state index contributed by atoms with van der Waals surface area (Å²) in [5.74, 6) is 1.47. The molecule has 3 heterocycles. The Morgan fingerprint density at radius 3 is 2.33 bits per heavy atom. The second-order valence-electron chi connectivity index (χ2n) is 8.07. The van der Waals surface area contributed by atoms with Crippen molar-refractivity contribution in [2.75, 3.05) is 31.1 Å². The number of hydrogen-bond acceptors (Lipinski definition) is 5. The number of carbonyl (C=O) groups is 2. The van der Waals surface area contributed by atoms with Gasteiger partial charge in [-0.2, -0.15) is 0 Å². The van der Waals surface area contributed by atoms with E-state index in [1.807, 2.05) is 11.0 Å². The van der Waals surface area contributed by atoms with Crippen LogP contribution in [0.2, 0.25) is 0 Å². The standard InChI is InChI=1S/C20H29N5O2/c26-18(15-7-12-24(13-8-15)19(27)16-4-1-5-16)23-17-6-2-11-25(14-17)20-21-9-3-10-22-20/h3,9-10,15-17H,1-2,4-8,11-14H2,(H,23,26)/t17-/m1/s1. The first kappa shape index (κ1) is 18.2. The summed E-state index contributed by atoms with van der Waals surface area (Å²) in [4.78, 5) is 37.8. The fraction of sp³-hybridized carbons (Fsp3) is 0.700. The van der Waals surface area contributed by atoms with E-state index < -0.39 is 0 Å². The van der Waals surface area contributed by atoms with Crippen molar-refractivity contribution in [2.45, 2.75) is 51.0 Å². The normalized spacial score (nSPS) is 24.4. The van der Waals surface area contributed by atoms with Gasteiger partial charge in [0.15, 0.2) is 0 Å². The molecule has 1 aliphatic carbocycles. The molecule has 0 radical (unpaired) electrons. The molecular formula is C20H29N5O2. The van der Waals surface area contributed by atoms with E-state index in [4.69, 9.17) is 0 Å². The van der Waals surface area contributed by atoms with Crippen molar-refractivity contribution in [1.29, 1.82) is 0 Å². The molecule has 0 spiro atoms. The summed E-state index contributed by atoms with van der Waals surface area (Å²) in [5.41, 5.74) is 0. The quantitative estimate of drug-likeness (QED) is 0.870. The largest absolute Gasteiger partial charge is 0.351 e. The van der Waals surface area contributed by atoms with Crippen molar-refractivity contribution in [2.24, 2.45) is 11.8 Å². The molecule has 0 aromatic carbocycles. The van der Waals surface area contributed by atoms with E-state index in [0.717, 1.165) is 70.7 Å². The topological polar surface area (TPSA) is 78.4 Å². The first-order valence-corrected chi connectivity index (χ1v) is 10.3. The second kappa shape index (κ2) is 8.23. The van der Waals surface area contributed by atoms with Gasteiger partial charge in [0.05, 0.1) is 0 Å². The second-order valence-corrected chi connectivity index (χ2v) is 8.07. The molecule has 2 saturated heterocycles. The summed E-state index contributed by atoms with van der Waals surface area (Å²) in [6, 6.07) is 1.96. The van der Waals surface area contributed by atoms with Crippen LogP contribution in [0.4, 0.5) is 5.95 Å². The Bertz CT molecular complexity index is 656. The Kier molecular flexibility index (Phi) is 5.55. The summed E-state index contributed by atoms with van der Waals surface area (Å²) < 4.78 is 0. The fourth-order valence-electron chi connectivity index (χ4n) is 4.33. The van der Waals surface area contributed by atoms with Crippen LogP contribution in [0.3, 0.4) is 0 Å². The zero-order valence-electron chi connectivity index (χ0n) is 15.8. The Balaban J connectivity index is 1.25. The highest BCUT2D eigenvalue weighted by atomic mass is 16.2. The first-order chi connectivity index (χ1) is 13.2. The molecule has 2 amide bonds. The molecule has 1 atom stereocenters. The first-order valence-electron chi connectivity index (χ1n) is 10.3. The maximum Gasteiger partial charge on any atom is 0.225 e. The SMILES string of the molecule is O=C(N[C@@H]1CCCN(c2ncccn2)C1)C1CCN(C(=O)C2CCC2)CC1. The van der Waals surface area contributed by atoms with E-state index in [-0.39, 0.29) is 23.8 Å². The summed E-state index contributed by atoms with van der Waals surface area (Å²) in [7, 11) is 0. The molecule has 0 bridgehead atoms. The van der Waals surface area contributed by atoms with Gasteiger partial charge >= 0.3 is 0 Å². The molecule has 0 unspecified atom stereocenters. The molecule has 3 fully saturated rings. The molecule has 2 aliphatic heterocycles. The third-order valence-corrected chi connectivity index (χ3v) is 6.23. The summed E-state index contributed by atoms with van der Waals surface area (Å²) >= 11 is 0. The lowest BCUT2D eigenvalue weighted by molar-refractivity contribution is -0.141. The van der Waals surface area contributed by atoms with Gasteiger partial charge in [0.2, 0.25) is 17.8 Å². The Morgan fingerprint density at radius 2 is 1.67 bits per heavy atom. The number of likely N-dealkylation sites (tertiary alicyclic amines) is 1. The van der Waals surface area contributed by atoms with Crippen LogP contribution in [0.1, 0.15) is 44.9 Å². The summed E-state index contributed by atoms with van der Waals surface area (Å²) in [6.45, 7) is 3.14. The van der Waals surface area contributed by atoms with Crippen LogP contribution < -0.4 is 10.2 Å². The van der Waals surface area contributed by atoms with Gasteiger partial charge in [-0.3, -0.25) is 9.59 Å². The third kappa shape index (κ3) is 4.22. The number of piperidine rings is 2. The molecule has 4 rings (SSSR count). The molecule has 3 aliphatic rings. The minimum atomic E-state index is 0.0267. The number of nitrogens with zero attached hydrogens (tertiary/aromatic N) is 4. The van der Waals surface area contributed by atoms with Gasteiger partial charge in [-0.05, 0) is 44.6 Å². The van der Waals surface area contributed by atoms with Gasteiger partial charge in [-0.1, -0.05) is 6.42 Å². The Morgan fingerprint density at radius 1 is 0.926 bits per heavy atom. The molecule has 146 valence electrons. The van der Waals surface area contributed by atoms with Crippen LogP contribution in [0.25, 0.3) is 0 Å². The van der Waals surface area contributed by atoms with Crippen LogP contribution in [-0.2, 0) is 9.59 Å². The average molecular weight is 371 g/mol. The number of hydrogen-bond donors (Lipinski definition) is 1. The summed E-state index contributed by atoms with van der Waals surface area (Å²) in [5, 5.41) is 3.24. The molecular weight excluding hydrogens is 342 g/mol. The molecule has 1 aromatic heterocycles. The van der Waals surface area contributed by atoms with Crippen molar-refractivity contribution in [3.63, 3.8) is 0 Å². The zero-order chi connectivity index (χ0) is 18.6. The van der Waals surface area contributed by atoms with E-state index in [2.05, 4.69) is 20.2 Å². The summed E-state index contributed by atoms with van der Waals surface area (Å²) in [6.07, 6.45) is 10.4. The van der Waals surface area contributed by atoms with Crippen molar-refractivity contribution < 1.29 is 9.59 Å². The average Bonchev–Trinajstić information content (AvgIpc) is 2.67. The molecule has 1 aromatic rings. The zero-order valence-corrected chi connectivity index (χ0v) is 15.8. The van der Waals surface area contributed by atoms with Crippen molar-refractivity contribution in [1.82, 2.24) is 20.2 Å². The fourth-order valence-corrected chi connectivity index (χ4v) is 4.33. The minimum absolute atomic E-state index is 0.0267. The van der Waals surface area contributed by atoms with E-state index >= 15 is 0 Å². The third-order valence-electron chi connectivity index (χ3n) is 6.23. The van der Waals surface area contributed by atoms with Crippen molar-refractivity contribution >= 4 is 17.8 Å².